The second kappa shape index (κ2) is 4.16. The Kier molecular flexibility index (Phi) is 2.88. The van der Waals surface area contributed by atoms with Crippen molar-refractivity contribution in [1.82, 2.24) is 4.98 Å². The van der Waals surface area contributed by atoms with Crippen LogP contribution in [0.1, 0.15) is 5.56 Å². The number of fused-ring (bicyclic) bond motifs is 1. The summed E-state index contributed by atoms with van der Waals surface area (Å²) in [5.74, 6) is -0.485. The molecule has 0 aliphatic rings. The van der Waals surface area contributed by atoms with E-state index in [0.29, 0.717) is 6.42 Å². The van der Waals surface area contributed by atoms with Gasteiger partial charge in [-0.25, -0.2) is 4.98 Å². The molecule has 1 atom stereocenters. The average Bonchev–Trinajstić information content (AvgIpc) is 2.64. The van der Waals surface area contributed by atoms with E-state index in [1.807, 2.05) is 18.2 Å². The number of halogens is 1. The standard InChI is InChI=1S/C10H9ClN2OS/c11-7(10(12)14)3-6-1-2-8-9(4-6)15-5-13-8/h1-2,4-5,7H,3H2,(H2,12,14). The van der Waals surface area contributed by atoms with Crippen LogP contribution < -0.4 is 5.73 Å². The van der Waals surface area contributed by atoms with Crippen molar-refractivity contribution < 1.29 is 4.79 Å². The highest BCUT2D eigenvalue weighted by Crippen LogP contribution is 2.20. The van der Waals surface area contributed by atoms with Gasteiger partial charge in [0, 0.05) is 0 Å². The van der Waals surface area contributed by atoms with Gasteiger partial charge in [-0.05, 0) is 24.1 Å². The molecule has 1 aromatic carbocycles. The Balaban J connectivity index is 2.24. The van der Waals surface area contributed by atoms with Gasteiger partial charge in [-0.15, -0.1) is 22.9 Å². The van der Waals surface area contributed by atoms with E-state index in [2.05, 4.69) is 4.98 Å². The summed E-state index contributed by atoms with van der Waals surface area (Å²) >= 11 is 7.36. The molecule has 0 saturated carbocycles. The number of carbonyl (C=O) groups excluding carboxylic acids is 1. The maximum absolute atomic E-state index is 10.8. The van der Waals surface area contributed by atoms with Gasteiger partial charge in [-0.1, -0.05) is 6.07 Å². The van der Waals surface area contributed by atoms with E-state index in [-0.39, 0.29) is 0 Å². The van der Waals surface area contributed by atoms with E-state index in [9.17, 15) is 4.79 Å². The molecule has 1 amide bonds. The SMILES string of the molecule is NC(=O)C(Cl)Cc1ccc2ncsc2c1. The summed E-state index contributed by atoms with van der Waals surface area (Å²) in [6, 6.07) is 5.83. The quantitative estimate of drug-likeness (QED) is 0.834. The molecule has 2 rings (SSSR count). The zero-order valence-corrected chi connectivity index (χ0v) is 9.39. The average molecular weight is 241 g/mol. The van der Waals surface area contributed by atoms with Crippen LogP contribution in [0.3, 0.4) is 0 Å². The van der Waals surface area contributed by atoms with Gasteiger partial charge in [0.15, 0.2) is 0 Å². The number of nitrogens with two attached hydrogens (primary N) is 1. The molecule has 5 heteroatoms. The molecule has 0 aliphatic carbocycles. The topological polar surface area (TPSA) is 56.0 Å². The third-order valence-corrected chi connectivity index (χ3v) is 3.28. The predicted octanol–water partition coefficient (Wildman–Crippen LogP) is 1.93. The number of hydrogen-bond acceptors (Lipinski definition) is 3. The van der Waals surface area contributed by atoms with Gasteiger partial charge in [-0.3, -0.25) is 4.79 Å². The summed E-state index contributed by atoms with van der Waals surface area (Å²) in [6.07, 6.45) is 0.463. The molecular weight excluding hydrogens is 232 g/mol. The lowest BCUT2D eigenvalue weighted by molar-refractivity contribution is -0.117. The van der Waals surface area contributed by atoms with Crippen LogP contribution in [-0.4, -0.2) is 16.3 Å². The van der Waals surface area contributed by atoms with Crippen molar-refractivity contribution in [2.45, 2.75) is 11.8 Å². The van der Waals surface area contributed by atoms with Crippen LogP contribution in [0, 0.1) is 0 Å². The molecule has 0 saturated heterocycles. The Hall–Kier alpha value is -1.13. The van der Waals surface area contributed by atoms with Crippen molar-refractivity contribution in [3.63, 3.8) is 0 Å². The molecule has 1 heterocycles. The Morgan fingerprint density at radius 1 is 1.60 bits per heavy atom. The maximum atomic E-state index is 10.8. The summed E-state index contributed by atoms with van der Waals surface area (Å²) in [5, 5.41) is -0.643. The smallest absolute Gasteiger partial charge is 0.235 e. The molecule has 3 nitrogen and oxygen atoms in total. The minimum Gasteiger partial charge on any atom is -0.368 e. The molecule has 15 heavy (non-hydrogen) atoms. The summed E-state index contributed by atoms with van der Waals surface area (Å²) in [7, 11) is 0. The van der Waals surface area contributed by atoms with Crippen LogP contribution in [0.15, 0.2) is 23.7 Å². The highest BCUT2D eigenvalue weighted by Gasteiger charge is 2.12. The van der Waals surface area contributed by atoms with E-state index in [4.69, 9.17) is 17.3 Å². The number of rotatable bonds is 3. The molecule has 1 aromatic heterocycles. The molecular formula is C10H9ClN2OS. The fraction of sp³-hybridized carbons (Fsp3) is 0.200. The first-order chi connectivity index (χ1) is 7.16. The summed E-state index contributed by atoms with van der Waals surface area (Å²) < 4.78 is 1.10. The largest absolute Gasteiger partial charge is 0.368 e. The number of hydrogen-bond donors (Lipinski definition) is 1. The Morgan fingerprint density at radius 2 is 2.40 bits per heavy atom. The van der Waals surface area contributed by atoms with Crippen molar-refractivity contribution in [3.8, 4) is 0 Å². The monoisotopic (exact) mass is 240 g/mol. The van der Waals surface area contributed by atoms with Crippen molar-refractivity contribution >= 4 is 39.1 Å². The minimum absolute atomic E-state index is 0.463. The Morgan fingerprint density at radius 3 is 3.13 bits per heavy atom. The van der Waals surface area contributed by atoms with Crippen LogP contribution in [0.5, 0.6) is 0 Å². The first-order valence-electron chi connectivity index (χ1n) is 4.42. The molecule has 0 radical (unpaired) electrons. The van der Waals surface area contributed by atoms with Gasteiger partial charge < -0.3 is 5.73 Å². The van der Waals surface area contributed by atoms with Crippen molar-refractivity contribution in [2.24, 2.45) is 5.73 Å². The van der Waals surface area contributed by atoms with Crippen molar-refractivity contribution in [2.75, 3.05) is 0 Å². The van der Waals surface area contributed by atoms with Crippen LogP contribution in [0.2, 0.25) is 0 Å². The molecule has 0 fully saturated rings. The number of benzene rings is 1. The van der Waals surface area contributed by atoms with E-state index in [1.165, 1.54) is 0 Å². The van der Waals surface area contributed by atoms with E-state index in [0.717, 1.165) is 15.8 Å². The highest BCUT2D eigenvalue weighted by atomic mass is 35.5. The highest BCUT2D eigenvalue weighted by molar-refractivity contribution is 7.16. The van der Waals surface area contributed by atoms with Crippen molar-refractivity contribution in [1.29, 1.82) is 0 Å². The van der Waals surface area contributed by atoms with E-state index < -0.39 is 11.3 Å². The third kappa shape index (κ3) is 2.27. The van der Waals surface area contributed by atoms with E-state index >= 15 is 0 Å². The first-order valence-corrected chi connectivity index (χ1v) is 5.74. The van der Waals surface area contributed by atoms with Crippen LogP contribution >= 0.6 is 22.9 Å². The number of carbonyl (C=O) groups is 1. The second-order valence-corrected chi connectivity index (χ2v) is 4.64. The molecule has 2 aromatic rings. The van der Waals surface area contributed by atoms with Crippen molar-refractivity contribution in [3.05, 3.63) is 29.3 Å². The zero-order valence-electron chi connectivity index (χ0n) is 7.81. The third-order valence-electron chi connectivity index (χ3n) is 2.12. The number of nitrogens with zero attached hydrogens (tertiary/aromatic N) is 1. The Labute approximate surface area is 95.9 Å². The van der Waals surface area contributed by atoms with Crippen LogP contribution in [0.25, 0.3) is 10.2 Å². The number of amides is 1. The lowest BCUT2D eigenvalue weighted by Crippen LogP contribution is -2.25. The Bertz CT molecular complexity index is 497. The maximum Gasteiger partial charge on any atom is 0.235 e. The fourth-order valence-electron chi connectivity index (χ4n) is 1.33. The summed E-state index contributed by atoms with van der Waals surface area (Å²) in [5.41, 5.74) is 8.86. The van der Waals surface area contributed by atoms with Gasteiger partial charge in [0.2, 0.25) is 5.91 Å². The number of alkyl halides is 1. The van der Waals surface area contributed by atoms with Crippen LogP contribution in [-0.2, 0) is 11.2 Å². The fourth-order valence-corrected chi connectivity index (χ4v) is 2.25. The summed E-state index contributed by atoms with van der Waals surface area (Å²) in [4.78, 5) is 15.0. The number of primary amides is 1. The molecule has 78 valence electrons. The first kappa shape index (κ1) is 10.4. The minimum atomic E-state index is -0.643. The molecule has 0 spiro atoms. The van der Waals surface area contributed by atoms with Gasteiger partial charge in [0.05, 0.1) is 15.7 Å². The van der Waals surface area contributed by atoms with Gasteiger partial charge in [0.1, 0.15) is 5.38 Å². The lowest BCUT2D eigenvalue weighted by Gasteiger charge is -2.04. The van der Waals surface area contributed by atoms with Crippen LogP contribution in [0.4, 0.5) is 0 Å². The lowest BCUT2D eigenvalue weighted by atomic mass is 10.1. The molecule has 2 N–H and O–H groups in total. The second-order valence-electron chi connectivity index (χ2n) is 3.23. The van der Waals surface area contributed by atoms with Gasteiger partial charge >= 0.3 is 0 Å². The van der Waals surface area contributed by atoms with Gasteiger partial charge in [0.25, 0.3) is 0 Å². The predicted molar refractivity (Wildman–Crippen MR) is 62.2 cm³/mol. The molecule has 0 aliphatic heterocycles. The van der Waals surface area contributed by atoms with E-state index in [1.54, 1.807) is 16.8 Å². The number of thiazole rings is 1. The van der Waals surface area contributed by atoms with Gasteiger partial charge in [-0.2, -0.15) is 0 Å². The molecule has 0 bridgehead atoms. The number of aromatic nitrogens is 1. The zero-order chi connectivity index (χ0) is 10.8. The summed E-state index contributed by atoms with van der Waals surface area (Å²) in [6.45, 7) is 0. The normalized spacial score (nSPS) is 12.9. The molecule has 1 unspecified atom stereocenters.